The average Bonchev–Trinajstić information content (AvgIpc) is 3.50. The van der Waals surface area contributed by atoms with Crippen molar-refractivity contribution < 1.29 is 14.3 Å². The van der Waals surface area contributed by atoms with Crippen molar-refractivity contribution in [2.45, 2.75) is 0 Å². The Morgan fingerprint density at radius 1 is 1.00 bits per heavy atom. The van der Waals surface area contributed by atoms with Gasteiger partial charge in [0.15, 0.2) is 5.78 Å². The zero-order valence-corrected chi connectivity index (χ0v) is 17.7. The summed E-state index contributed by atoms with van der Waals surface area (Å²) in [5.41, 5.74) is 4.42. The Bertz CT molecular complexity index is 1330. The number of nitrogens with zero attached hydrogens (tertiary/aromatic N) is 4. The molecule has 0 aliphatic carbocycles. The minimum atomic E-state index is -0.399. The summed E-state index contributed by atoms with van der Waals surface area (Å²) in [5, 5.41) is 4.73. The minimum absolute atomic E-state index is 0.172. The number of carbonyl (C=O) groups excluding carboxylic acids is 2. The zero-order chi connectivity index (χ0) is 22.6. The lowest BCUT2D eigenvalue weighted by molar-refractivity contribution is 0.104. The molecule has 5 rings (SSSR count). The number of para-hydroxylation sites is 1. The van der Waals surface area contributed by atoms with E-state index in [0.717, 1.165) is 22.5 Å². The molecule has 0 bridgehead atoms. The average molecular weight is 436 g/mol. The van der Waals surface area contributed by atoms with E-state index in [1.165, 1.54) is 11.0 Å². The number of amides is 1. The molecule has 1 aliphatic heterocycles. The topological polar surface area (TPSA) is 77.3 Å². The van der Waals surface area contributed by atoms with Gasteiger partial charge in [-0.25, -0.2) is 9.48 Å². The van der Waals surface area contributed by atoms with Crippen molar-refractivity contribution in [3.63, 3.8) is 0 Å². The van der Waals surface area contributed by atoms with Crippen LogP contribution in [-0.2, 0) is 4.74 Å². The van der Waals surface area contributed by atoms with Crippen LogP contribution < -0.4 is 4.90 Å². The summed E-state index contributed by atoms with van der Waals surface area (Å²) < 4.78 is 6.78. The molecule has 4 aromatic rings. The number of rotatable bonds is 6. The molecule has 1 saturated heterocycles. The molecule has 2 aromatic carbocycles. The predicted octanol–water partition coefficient (Wildman–Crippen LogP) is 4.79. The molecule has 162 valence electrons. The van der Waals surface area contributed by atoms with Crippen molar-refractivity contribution in [3.05, 3.63) is 103 Å². The summed E-state index contributed by atoms with van der Waals surface area (Å²) in [5.74, 6) is -0.172. The first-order valence-electron chi connectivity index (χ1n) is 10.5. The molecule has 1 fully saturated rings. The lowest BCUT2D eigenvalue weighted by Crippen LogP contribution is -2.23. The smallest absolute Gasteiger partial charge is 0.414 e. The normalized spacial score (nSPS) is 13.5. The first-order chi connectivity index (χ1) is 16.2. The number of ketones is 1. The van der Waals surface area contributed by atoms with E-state index in [0.29, 0.717) is 24.4 Å². The molecule has 1 aliphatic rings. The van der Waals surface area contributed by atoms with Gasteiger partial charge in [-0.2, -0.15) is 5.10 Å². The Hall–Kier alpha value is -4.52. The molecular formula is C26H20N4O3. The van der Waals surface area contributed by atoms with Gasteiger partial charge in [-0.1, -0.05) is 30.3 Å². The highest BCUT2D eigenvalue weighted by Crippen LogP contribution is 2.25. The number of cyclic esters (lactones) is 1. The van der Waals surface area contributed by atoms with Gasteiger partial charge in [0, 0.05) is 41.0 Å². The number of carbonyl (C=O) groups is 2. The largest absolute Gasteiger partial charge is 0.447 e. The molecule has 0 atom stereocenters. The molecule has 7 heteroatoms. The lowest BCUT2D eigenvalue weighted by atomic mass is 10.1. The summed E-state index contributed by atoms with van der Waals surface area (Å²) in [7, 11) is 0. The SMILES string of the molecule is O=C(/C=C/c1cn(-c2ccccc2)nc1-c1cccnc1)c1cccc(N2CCOC2=O)c1. The maximum Gasteiger partial charge on any atom is 0.414 e. The third kappa shape index (κ3) is 4.29. The number of benzene rings is 2. The molecule has 3 heterocycles. The van der Waals surface area contributed by atoms with E-state index in [-0.39, 0.29) is 5.78 Å². The first-order valence-corrected chi connectivity index (χ1v) is 10.5. The van der Waals surface area contributed by atoms with Crippen molar-refractivity contribution in [1.29, 1.82) is 0 Å². The highest BCUT2D eigenvalue weighted by Gasteiger charge is 2.24. The van der Waals surface area contributed by atoms with E-state index in [1.807, 2.05) is 48.7 Å². The van der Waals surface area contributed by atoms with Crippen LogP contribution in [0.4, 0.5) is 10.5 Å². The summed E-state index contributed by atoms with van der Waals surface area (Å²) >= 11 is 0. The number of anilines is 1. The Morgan fingerprint density at radius 3 is 2.61 bits per heavy atom. The van der Waals surface area contributed by atoms with Crippen LogP contribution in [0.3, 0.4) is 0 Å². The van der Waals surface area contributed by atoms with Crippen LogP contribution in [-0.4, -0.2) is 39.8 Å². The van der Waals surface area contributed by atoms with Gasteiger partial charge in [-0.05, 0) is 48.6 Å². The molecule has 0 unspecified atom stereocenters. The van der Waals surface area contributed by atoms with Gasteiger partial charge in [-0.15, -0.1) is 0 Å². The summed E-state index contributed by atoms with van der Waals surface area (Å²) in [6, 6.07) is 20.5. The van der Waals surface area contributed by atoms with Crippen molar-refractivity contribution in [1.82, 2.24) is 14.8 Å². The van der Waals surface area contributed by atoms with Gasteiger partial charge >= 0.3 is 6.09 Å². The van der Waals surface area contributed by atoms with Crippen LogP contribution in [0, 0.1) is 0 Å². The van der Waals surface area contributed by atoms with Crippen LogP contribution in [0.1, 0.15) is 15.9 Å². The minimum Gasteiger partial charge on any atom is -0.447 e. The Labute approximate surface area is 190 Å². The fraction of sp³-hybridized carbons (Fsp3) is 0.0769. The van der Waals surface area contributed by atoms with Crippen LogP contribution in [0.15, 0.2) is 91.4 Å². The van der Waals surface area contributed by atoms with Crippen molar-refractivity contribution >= 4 is 23.6 Å². The van der Waals surface area contributed by atoms with Crippen LogP contribution >= 0.6 is 0 Å². The maximum atomic E-state index is 12.9. The van der Waals surface area contributed by atoms with Gasteiger partial charge in [0.1, 0.15) is 12.3 Å². The Kier molecular flexibility index (Phi) is 5.51. The van der Waals surface area contributed by atoms with Crippen molar-refractivity contribution in [3.8, 4) is 16.9 Å². The van der Waals surface area contributed by atoms with Crippen molar-refractivity contribution in [2.75, 3.05) is 18.1 Å². The van der Waals surface area contributed by atoms with Gasteiger partial charge in [0.25, 0.3) is 0 Å². The Balaban J connectivity index is 1.46. The summed E-state index contributed by atoms with van der Waals surface area (Å²) in [6.45, 7) is 0.818. The van der Waals surface area contributed by atoms with Crippen molar-refractivity contribution in [2.24, 2.45) is 0 Å². The molecule has 0 saturated carbocycles. The highest BCUT2D eigenvalue weighted by atomic mass is 16.6. The molecule has 0 radical (unpaired) electrons. The summed E-state index contributed by atoms with van der Waals surface area (Å²) in [6.07, 6.45) is 8.22. The number of hydrogen-bond acceptors (Lipinski definition) is 5. The number of hydrogen-bond donors (Lipinski definition) is 0. The lowest BCUT2D eigenvalue weighted by Gasteiger charge is -2.13. The molecule has 2 aromatic heterocycles. The Morgan fingerprint density at radius 2 is 1.85 bits per heavy atom. The fourth-order valence-electron chi connectivity index (χ4n) is 3.67. The van der Waals surface area contributed by atoms with Gasteiger partial charge in [0.05, 0.1) is 12.2 Å². The fourth-order valence-corrected chi connectivity index (χ4v) is 3.67. The third-order valence-electron chi connectivity index (χ3n) is 5.32. The molecular weight excluding hydrogens is 416 g/mol. The molecule has 0 spiro atoms. The van der Waals surface area contributed by atoms with Crippen LogP contribution in [0.2, 0.25) is 0 Å². The maximum absolute atomic E-state index is 12.9. The van der Waals surface area contributed by atoms with E-state index in [4.69, 9.17) is 9.84 Å². The van der Waals surface area contributed by atoms with Crippen LogP contribution in [0.5, 0.6) is 0 Å². The quantitative estimate of drug-likeness (QED) is 0.321. The summed E-state index contributed by atoms with van der Waals surface area (Å²) in [4.78, 5) is 30.5. The van der Waals surface area contributed by atoms with Gasteiger partial charge in [0.2, 0.25) is 0 Å². The standard InChI is InChI=1S/C26H20N4O3/c31-24(19-6-4-10-23(16-19)29-14-15-33-26(29)32)12-11-21-18-30(22-8-2-1-3-9-22)28-25(21)20-7-5-13-27-17-20/h1-13,16-18H,14-15H2/b12-11+. The number of allylic oxidation sites excluding steroid dienone is 1. The second kappa shape index (κ2) is 8.92. The van der Waals surface area contributed by atoms with Gasteiger partial charge < -0.3 is 4.74 Å². The molecule has 1 amide bonds. The number of pyridine rings is 1. The molecule has 0 N–H and O–H groups in total. The second-order valence-electron chi connectivity index (χ2n) is 7.47. The number of ether oxygens (including phenoxy) is 1. The van der Waals surface area contributed by atoms with E-state index >= 15 is 0 Å². The van der Waals surface area contributed by atoms with Crippen LogP contribution in [0.25, 0.3) is 23.0 Å². The first kappa shape index (κ1) is 20.4. The monoisotopic (exact) mass is 436 g/mol. The molecule has 7 nitrogen and oxygen atoms in total. The predicted molar refractivity (Wildman–Crippen MR) is 125 cm³/mol. The van der Waals surface area contributed by atoms with Gasteiger partial charge in [-0.3, -0.25) is 14.7 Å². The third-order valence-corrected chi connectivity index (χ3v) is 5.32. The van der Waals surface area contributed by atoms with E-state index < -0.39 is 6.09 Å². The second-order valence-corrected chi connectivity index (χ2v) is 7.47. The van der Waals surface area contributed by atoms with E-state index in [2.05, 4.69) is 4.98 Å². The van der Waals surface area contributed by atoms with E-state index in [9.17, 15) is 9.59 Å². The molecule has 33 heavy (non-hydrogen) atoms. The highest BCUT2D eigenvalue weighted by molar-refractivity contribution is 6.08. The van der Waals surface area contributed by atoms with E-state index in [1.54, 1.807) is 47.4 Å². The zero-order valence-electron chi connectivity index (χ0n) is 17.7. The number of aromatic nitrogens is 3.